The van der Waals surface area contributed by atoms with E-state index in [0.717, 1.165) is 12.0 Å². The lowest BCUT2D eigenvalue weighted by Gasteiger charge is -2.13. The molecule has 16 heavy (non-hydrogen) atoms. The van der Waals surface area contributed by atoms with Gasteiger partial charge in [-0.2, -0.15) is 0 Å². The monoisotopic (exact) mass is 224 g/mol. The molecule has 0 saturated heterocycles. The van der Waals surface area contributed by atoms with Gasteiger partial charge in [-0.1, -0.05) is 25.8 Å². The van der Waals surface area contributed by atoms with Crippen molar-refractivity contribution < 1.29 is 4.39 Å². The van der Waals surface area contributed by atoms with Gasteiger partial charge in [-0.3, -0.25) is 0 Å². The first-order valence-electron chi connectivity index (χ1n) is 5.90. The fourth-order valence-electron chi connectivity index (χ4n) is 1.59. The topological polar surface area (TPSA) is 38.0 Å². The van der Waals surface area contributed by atoms with Crippen LogP contribution < -0.4 is 11.1 Å². The number of benzene rings is 1. The van der Waals surface area contributed by atoms with Gasteiger partial charge in [0.15, 0.2) is 0 Å². The number of hydrogen-bond acceptors (Lipinski definition) is 2. The van der Waals surface area contributed by atoms with Crippen molar-refractivity contribution in [2.75, 3.05) is 5.73 Å². The zero-order valence-electron chi connectivity index (χ0n) is 10.1. The molecular formula is C13H21FN2. The van der Waals surface area contributed by atoms with E-state index < -0.39 is 0 Å². The van der Waals surface area contributed by atoms with Crippen molar-refractivity contribution in [3.05, 3.63) is 29.6 Å². The van der Waals surface area contributed by atoms with Crippen molar-refractivity contribution in [3.8, 4) is 0 Å². The molecule has 0 aromatic heterocycles. The Kier molecular flexibility index (Phi) is 5.26. The lowest BCUT2D eigenvalue weighted by Crippen LogP contribution is -2.25. The molecule has 0 fully saturated rings. The Morgan fingerprint density at radius 3 is 2.81 bits per heavy atom. The molecule has 0 radical (unpaired) electrons. The van der Waals surface area contributed by atoms with E-state index in [-0.39, 0.29) is 11.5 Å². The molecule has 0 heterocycles. The second kappa shape index (κ2) is 6.48. The summed E-state index contributed by atoms with van der Waals surface area (Å²) in [5.41, 5.74) is 6.57. The molecule has 1 atom stereocenters. The third-order valence-corrected chi connectivity index (χ3v) is 2.71. The van der Waals surface area contributed by atoms with E-state index in [4.69, 9.17) is 5.73 Å². The first-order chi connectivity index (χ1) is 7.63. The number of halogens is 1. The number of nitrogens with one attached hydrogen (secondary N) is 1. The minimum Gasteiger partial charge on any atom is -0.396 e. The molecule has 3 heteroatoms. The van der Waals surface area contributed by atoms with E-state index >= 15 is 0 Å². The third kappa shape index (κ3) is 4.19. The van der Waals surface area contributed by atoms with Crippen molar-refractivity contribution in [2.45, 2.75) is 45.7 Å². The van der Waals surface area contributed by atoms with Gasteiger partial charge in [0.2, 0.25) is 0 Å². The molecule has 1 aromatic rings. The van der Waals surface area contributed by atoms with Gasteiger partial charge in [-0.25, -0.2) is 4.39 Å². The first kappa shape index (κ1) is 13.0. The standard InChI is InChI=1S/C13H21FN2/c1-3-4-5-10(2)16-9-11-6-7-13(15)12(14)8-11/h6-8,10,16H,3-5,9,15H2,1-2H3. The van der Waals surface area contributed by atoms with Gasteiger partial charge >= 0.3 is 0 Å². The molecule has 1 rings (SSSR count). The summed E-state index contributed by atoms with van der Waals surface area (Å²) in [6.07, 6.45) is 3.60. The van der Waals surface area contributed by atoms with Crippen LogP contribution in [0.4, 0.5) is 10.1 Å². The largest absolute Gasteiger partial charge is 0.396 e. The van der Waals surface area contributed by atoms with Gasteiger partial charge in [0.25, 0.3) is 0 Å². The van der Waals surface area contributed by atoms with Gasteiger partial charge in [0, 0.05) is 12.6 Å². The number of hydrogen-bond donors (Lipinski definition) is 2. The Balaban J connectivity index is 2.39. The third-order valence-electron chi connectivity index (χ3n) is 2.71. The summed E-state index contributed by atoms with van der Waals surface area (Å²) in [5, 5.41) is 3.37. The van der Waals surface area contributed by atoms with Gasteiger partial charge in [-0.15, -0.1) is 0 Å². The second-order valence-corrected chi connectivity index (χ2v) is 4.28. The van der Waals surface area contributed by atoms with E-state index in [0.29, 0.717) is 12.6 Å². The smallest absolute Gasteiger partial charge is 0.146 e. The summed E-state index contributed by atoms with van der Waals surface area (Å²) in [4.78, 5) is 0. The van der Waals surface area contributed by atoms with Gasteiger partial charge in [-0.05, 0) is 31.0 Å². The van der Waals surface area contributed by atoms with E-state index in [9.17, 15) is 4.39 Å². The molecule has 3 N–H and O–H groups in total. The Labute approximate surface area is 97.0 Å². The molecule has 2 nitrogen and oxygen atoms in total. The van der Waals surface area contributed by atoms with Crippen LogP contribution in [0, 0.1) is 5.82 Å². The summed E-state index contributed by atoms with van der Waals surface area (Å²) in [7, 11) is 0. The van der Waals surface area contributed by atoms with E-state index in [1.807, 2.05) is 6.07 Å². The maximum Gasteiger partial charge on any atom is 0.146 e. The molecule has 0 spiro atoms. The van der Waals surface area contributed by atoms with Crippen molar-refractivity contribution in [3.63, 3.8) is 0 Å². The molecule has 90 valence electrons. The molecular weight excluding hydrogens is 203 g/mol. The highest BCUT2D eigenvalue weighted by molar-refractivity contribution is 5.41. The van der Waals surface area contributed by atoms with Crippen molar-refractivity contribution in [1.29, 1.82) is 0 Å². The van der Waals surface area contributed by atoms with Crippen LogP contribution in [0.3, 0.4) is 0 Å². The minimum absolute atomic E-state index is 0.211. The zero-order chi connectivity index (χ0) is 12.0. The zero-order valence-corrected chi connectivity index (χ0v) is 10.1. The van der Waals surface area contributed by atoms with E-state index in [1.165, 1.54) is 18.9 Å². The fraction of sp³-hybridized carbons (Fsp3) is 0.538. The molecule has 0 aliphatic carbocycles. The minimum atomic E-state index is -0.333. The Hall–Kier alpha value is -1.09. The predicted molar refractivity (Wildman–Crippen MR) is 66.6 cm³/mol. The quantitative estimate of drug-likeness (QED) is 0.729. The normalized spacial score (nSPS) is 12.7. The van der Waals surface area contributed by atoms with Crippen LogP contribution in [0.15, 0.2) is 18.2 Å². The first-order valence-corrected chi connectivity index (χ1v) is 5.90. The summed E-state index contributed by atoms with van der Waals surface area (Å²) in [6, 6.07) is 5.44. The Bertz CT molecular complexity index is 326. The van der Waals surface area contributed by atoms with Crippen LogP contribution in [0.25, 0.3) is 0 Å². The number of nitrogen functional groups attached to an aromatic ring is 1. The van der Waals surface area contributed by atoms with Crippen LogP contribution in [-0.2, 0) is 6.54 Å². The number of rotatable bonds is 6. The Morgan fingerprint density at radius 2 is 2.19 bits per heavy atom. The van der Waals surface area contributed by atoms with Crippen LogP contribution >= 0.6 is 0 Å². The van der Waals surface area contributed by atoms with Gasteiger partial charge in [0.05, 0.1) is 5.69 Å². The molecule has 0 saturated carbocycles. The van der Waals surface area contributed by atoms with Crippen molar-refractivity contribution >= 4 is 5.69 Å². The molecule has 0 bridgehead atoms. The van der Waals surface area contributed by atoms with Crippen molar-refractivity contribution in [1.82, 2.24) is 5.32 Å². The average molecular weight is 224 g/mol. The second-order valence-electron chi connectivity index (χ2n) is 4.28. The summed E-state index contributed by atoms with van der Waals surface area (Å²) in [6.45, 7) is 5.04. The highest BCUT2D eigenvalue weighted by Crippen LogP contribution is 2.12. The molecule has 0 aliphatic heterocycles. The maximum atomic E-state index is 13.2. The molecule has 0 aliphatic rings. The van der Waals surface area contributed by atoms with Gasteiger partial charge < -0.3 is 11.1 Å². The summed E-state index contributed by atoms with van der Waals surface area (Å²) in [5.74, 6) is -0.333. The van der Waals surface area contributed by atoms with Crippen molar-refractivity contribution in [2.24, 2.45) is 0 Å². The molecule has 0 amide bonds. The summed E-state index contributed by atoms with van der Waals surface area (Å²) >= 11 is 0. The van der Waals surface area contributed by atoms with E-state index in [1.54, 1.807) is 6.07 Å². The lowest BCUT2D eigenvalue weighted by atomic mass is 10.1. The van der Waals surface area contributed by atoms with Crippen LogP contribution in [0.2, 0.25) is 0 Å². The maximum absolute atomic E-state index is 13.2. The highest BCUT2D eigenvalue weighted by Gasteiger charge is 2.03. The number of nitrogens with two attached hydrogens (primary N) is 1. The number of anilines is 1. The Morgan fingerprint density at radius 1 is 1.44 bits per heavy atom. The fourth-order valence-corrected chi connectivity index (χ4v) is 1.59. The van der Waals surface area contributed by atoms with Crippen LogP contribution in [-0.4, -0.2) is 6.04 Å². The van der Waals surface area contributed by atoms with Crippen LogP contribution in [0.5, 0.6) is 0 Å². The number of unbranched alkanes of at least 4 members (excludes halogenated alkanes) is 1. The van der Waals surface area contributed by atoms with Gasteiger partial charge in [0.1, 0.15) is 5.82 Å². The predicted octanol–water partition coefficient (Wildman–Crippen LogP) is 3.08. The average Bonchev–Trinajstić information content (AvgIpc) is 2.28. The summed E-state index contributed by atoms with van der Waals surface area (Å²) < 4.78 is 13.2. The molecule has 1 unspecified atom stereocenters. The van der Waals surface area contributed by atoms with Crippen LogP contribution in [0.1, 0.15) is 38.7 Å². The van der Waals surface area contributed by atoms with E-state index in [2.05, 4.69) is 19.2 Å². The SMILES string of the molecule is CCCCC(C)NCc1ccc(N)c(F)c1. The highest BCUT2D eigenvalue weighted by atomic mass is 19.1. The molecule has 1 aromatic carbocycles. The lowest BCUT2D eigenvalue weighted by molar-refractivity contribution is 0.494.